The molecule has 1 unspecified atom stereocenters. The lowest BCUT2D eigenvalue weighted by Gasteiger charge is -2.14. The number of carbonyl (C=O) groups is 2. The van der Waals surface area contributed by atoms with E-state index in [4.69, 9.17) is 16.3 Å². The van der Waals surface area contributed by atoms with Crippen molar-refractivity contribution in [3.63, 3.8) is 0 Å². The standard InChI is InChI=1S/C24H26ClN3O4/c1-3-4-15-28-21-12-8-7-11-19(21)26-20(24(28)31)13-14-22(29)32-16(2)23(30)27-18-10-6-5-9-17(18)25/h5-12,16H,3-4,13-15H2,1-2H3,(H,27,30). The molecule has 2 aromatic carbocycles. The molecule has 0 fully saturated rings. The number of unbranched alkanes of at least 4 members (excludes halogenated alkanes) is 1. The maximum absolute atomic E-state index is 12.9. The molecule has 32 heavy (non-hydrogen) atoms. The zero-order valence-corrected chi connectivity index (χ0v) is 18.9. The molecule has 0 spiro atoms. The van der Waals surface area contributed by atoms with E-state index in [1.54, 1.807) is 28.8 Å². The van der Waals surface area contributed by atoms with Gasteiger partial charge in [0.2, 0.25) is 0 Å². The number of fused-ring (bicyclic) bond motifs is 1. The molecular formula is C24H26ClN3O4. The molecule has 0 aliphatic rings. The molecular weight excluding hydrogens is 430 g/mol. The van der Waals surface area contributed by atoms with Crippen LogP contribution in [0.25, 0.3) is 11.0 Å². The minimum Gasteiger partial charge on any atom is -0.453 e. The van der Waals surface area contributed by atoms with E-state index in [2.05, 4.69) is 17.2 Å². The summed E-state index contributed by atoms with van der Waals surface area (Å²) < 4.78 is 6.95. The van der Waals surface area contributed by atoms with Crippen LogP contribution < -0.4 is 10.9 Å². The smallest absolute Gasteiger partial charge is 0.306 e. The SMILES string of the molecule is CCCCn1c(=O)c(CCC(=O)OC(C)C(=O)Nc2ccccc2Cl)nc2ccccc21. The first-order chi connectivity index (χ1) is 15.4. The van der Waals surface area contributed by atoms with Crippen molar-refractivity contribution >= 4 is 40.2 Å². The second-order valence-corrected chi connectivity index (χ2v) is 7.87. The Hall–Kier alpha value is -3.19. The Morgan fingerprint density at radius 1 is 1.16 bits per heavy atom. The van der Waals surface area contributed by atoms with Gasteiger partial charge in [-0.05, 0) is 37.6 Å². The van der Waals surface area contributed by atoms with E-state index in [0.717, 1.165) is 18.4 Å². The van der Waals surface area contributed by atoms with Gasteiger partial charge in [-0.3, -0.25) is 14.4 Å². The number of ether oxygens (including phenoxy) is 1. The number of rotatable bonds is 9. The topological polar surface area (TPSA) is 90.3 Å². The van der Waals surface area contributed by atoms with Gasteiger partial charge in [-0.15, -0.1) is 0 Å². The number of para-hydroxylation sites is 3. The van der Waals surface area contributed by atoms with Crippen LogP contribution >= 0.6 is 11.6 Å². The van der Waals surface area contributed by atoms with Crippen LogP contribution in [-0.2, 0) is 27.3 Å². The van der Waals surface area contributed by atoms with E-state index < -0.39 is 18.0 Å². The third-order valence-electron chi connectivity index (χ3n) is 5.03. The van der Waals surface area contributed by atoms with Crippen molar-refractivity contribution in [1.29, 1.82) is 0 Å². The van der Waals surface area contributed by atoms with Crippen LogP contribution in [0.3, 0.4) is 0 Å². The summed E-state index contributed by atoms with van der Waals surface area (Å²) in [6, 6.07) is 14.2. The number of nitrogens with zero attached hydrogens (tertiary/aromatic N) is 2. The molecule has 1 aromatic heterocycles. The molecule has 0 radical (unpaired) electrons. The molecule has 0 saturated heterocycles. The number of esters is 1. The van der Waals surface area contributed by atoms with E-state index in [-0.39, 0.29) is 18.4 Å². The molecule has 0 aliphatic heterocycles. The Bertz CT molecular complexity index is 1180. The summed E-state index contributed by atoms with van der Waals surface area (Å²) in [6.07, 6.45) is 0.891. The lowest BCUT2D eigenvalue weighted by molar-refractivity contribution is -0.153. The number of aryl methyl sites for hydroxylation is 2. The van der Waals surface area contributed by atoms with Crippen molar-refractivity contribution in [1.82, 2.24) is 9.55 Å². The third-order valence-corrected chi connectivity index (χ3v) is 5.36. The van der Waals surface area contributed by atoms with Gasteiger partial charge in [0.05, 0.1) is 28.2 Å². The molecule has 3 rings (SSSR count). The average Bonchev–Trinajstić information content (AvgIpc) is 2.78. The van der Waals surface area contributed by atoms with Crippen LogP contribution in [0.4, 0.5) is 5.69 Å². The molecule has 0 aliphatic carbocycles. The number of hydrogen-bond acceptors (Lipinski definition) is 5. The van der Waals surface area contributed by atoms with Crippen LogP contribution in [0.15, 0.2) is 53.3 Å². The lowest BCUT2D eigenvalue weighted by atomic mass is 10.2. The van der Waals surface area contributed by atoms with Crippen LogP contribution in [0.1, 0.15) is 38.8 Å². The van der Waals surface area contributed by atoms with Crippen molar-refractivity contribution in [3.8, 4) is 0 Å². The monoisotopic (exact) mass is 455 g/mol. The first kappa shape index (κ1) is 23.5. The van der Waals surface area contributed by atoms with Crippen LogP contribution in [-0.4, -0.2) is 27.5 Å². The molecule has 7 nitrogen and oxygen atoms in total. The summed E-state index contributed by atoms with van der Waals surface area (Å²) in [5.41, 5.74) is 2.04. The number of benzene rings is 2. The van der Waals surface area contributed by atoms with Crippen LogP contribution in [0.2, 0.25) is 5.02 Å². The number of halogens is 1. The highest BCUT2D eigenvalue weighted by Gasteiger charge is 2.20. The van der Waals surface area contributed by atoms with Gasteiger partial charge >= 0.3 is 5.97 Å². The summed E-state index contributed by atoms with van der Waals surface area (Å²) in [5, 5.41) is 3.02. The number of amides is 1. The van der Waals surface area contributed by atoms with Gasteiger partial charge < -0.3 is 14.6 Å². The predicted octanol–water partition coefficient (Wildman–Crippen LogP) is 4.35. The Balaban J connectivity index is 1.65. The zero-order chi connectivity index (χ0) is 23.1. The van der Waals surface area contributed by atoms with Gasteiger partial charge in [-0.25, -0.2) is 4.98 Å². The van der Waals surface area contributed by atoms with Gasteiger partial charge in [0, 0.05) is 13.0 Å². The molecule has 8 heteroatoms. The number of carbonyl (C=O) groups excluding carboxylic acids is 2. The van der Waals surface area contributed by atoms with Crippen LogP contribution in [0, 0.1) is 0 Å². The number of nitrogens with one attached hydrogen (secondary N) is 1. The van der Waals surface area contributed by atoms with Crippen LogP contribution in [0.5, 0.6) is 0 Å². The fourth-order valence-corrected chi connectivity index (χ4v) is 3.46. The van der Waals surface area contributed by atoms with Gasteiger partial charge in [0.25, 0.3) is 11.5 Å². The average molecular weight is 456 g/mol. The molecule has 3 aromatic rings. The van der Waals surface area contributed by atoms with Gasteiger partial charge in [0.15, 0.2) is 6.10 Å². The Morgan fingerprint density at radius 2 is 1.88 bits per heavy atom. The summed E-state index contributed by atoms with van der Waals surface area (Å²) in [7, 11) is 0. The maximum atomic E-state index is 12.9. The predicted molar refractivity (Wildman–Crippen MR) is 125 cm³/mol. The zero-order valence-electron chi connectivity index (χ0n) is 18.1. The van der Waals surface area contributed by atoms with E-state index in [1.807, 2.05) is 24.3 Å². The molecule has 168 valence electrons. The Kier molecular flexibility index (Phi) is 8.00. The second kappa shape index (κ2) is 10.9. The van der Waals surface area contributed by atoms with Gasteiger partial charge in [0.1, 0.15) is 5.69 Å². The summed E-state index contributed by atoms with van der Waals surface area (Å²) in [6.45, 7) is 4.14. The van der Waals surface area contributed by atoms with E-state index in [0.29, 0.717) is 28.5 Å². The molecule has 0 saturated carbocycles. The van der Waals surface area contributed by atoms with Crippen molar-refractivity contribution in [2.45, 2.75) is 52.2 Å². The summed E-state index contributed by atoms with van der Waals surface area (Å²) >= 11 is 6.04. The number of anilines is 1. The Labute approximate surface area is 191 Å². The lowest BCUT2D eigenvalue weighted by Crippen LogP contribution is -2.31. The molecule has 0 bridgehead atoms. The highest BCUT2D eigenvalue weighted by molar-refractivity contribution is 6.33. The normalized spacial score (nSPS) is 11.8. The molecule has 1 atom stereocenters. The summed E-state index contributed by atoms with van der Waals surface area (Å²) in [4.78, 5) is 42.0. The number of hydrogen-bond donors (Lipinski definition) is 1. The first-order valence-corrected chi connectivity index (χ1v) is 11.0. The molecule has 1 heterocycles. The Morgan fingerprint density at radius 3 is 2.62 bits per heavy atom. The van der Waals surface area contributed by atoms with Crippen molar-refractivity contribution < 1.29 is 14.3 Å². The fourth-order valence-electron chi connectivity index (χ4n) is 3.27. The minimum absolute atomic E-state index is 0.0575. The highest BCUT2D eigenvalue weighted by Crippen LogP contribution is 2.20. The van der Waals surface area contributed by atoms with Gasteiger partial charge in [-0.1, -0.05) is 49.2 Å². The molecule has 1 amide bonds. The fraction of sp³-hybridized carbons (Fsp3) is 0.333. The van der Waals surface area contributed by atoms with Gasteiger partial charge in [-0.2, -0.15) is 0 Å². The quantitative estimate of drug-likeness (QED) is 0.484. The van der Waals surface area contributed by atoms with Crippen molar-refractivity contribution in [3.05, 3.63) is 69.6 Å². The van der Waals surface area contributed by atoms with E-state index >= 15 is 0 Å². The van der Waals surface area contributed by atoms with E-state index in [9.17, 15) is 14.4 Å². The third kappa shape index (κ3) is 5.73. The largest absolute Gasteiger partial charge is 0.453 e. The van der Waals surface area contributed by atoms with Crippen molar-refractivity contribution in [2.75, 3.05) is 5.32 Å². The van der Waals surface area contributed by atoms with Crippen molar-refractivity contribution in [2.24, 2.45) is 0 Å². The summed E-state index contributed by atoms with van der Waals surface area (Å²) in [5.74, 6) is -1.07. The highest BCUT2D eigenvalue weighted by atomic mass is 35.5. The number of aromatic nitrogens is 2. The second-order valence-electron chi connectivity index (χ2n) is 7.46. The first-order valence-electron chi connectivity index (χ1n) is 10.6. The minimum atomic E-state index is -1.01. The molecule has 1 N–H and O–H groups in total. The maximum Gasteiger partial charge on any atom is 0.306 e. The van der Waals surface area contributed by atoms with E-state index in [1.165, 1.54) is 6.92 Å².